The number of ether oxygens (including phenoxy) is 2. The number of rotatable bonds is 7. The minimum absolute atomic E-state index is 0.265. The lowest BCUT2D eigenvalue weighted by molar-refractivity contribution is -0.148. The van der Waals surface area contributed by atoms with Gasteiger partial charge in [-0.15, -0.1) is 0 Å². The molecule has 1 rings (SSSR count). The highest BCUT2D eigenvalue weighted by Gasteiger charge is 2.28. The van der Waals surface area contributed by atoms with Crippen molar-refractivity contribution in [1.29, 1.82) is 0 Å². The predicted octanol–water partition coefficient (Wildman–Crippen LogP) is 3.61. The van der Waals surface area contributed by atoms with Crippen LogP contribution in [0.15, 0.2) is 29.8 Å². The molecule has 0 saturated heterocycles. The van der Waals surface area contributed by atoms with Gasteiger partial charge in [0.25, 0.3) is 0 Å². The quantitative estimate of drug-likeness (QED) is 0.720. The average Bonchev–Trinajstić information content (AvgIpc) is 2.53. The molecular formula is C18H23FO4. The maximum atomic E-state index is 13.0. The molecule has 1 aromatic carbocycles. The molecule has 0 aliphatic carbocycles. The number of carbonyl (C=O) groups excluding carboxylic acids is 2. The second-order valence-electron chi connectivity index (χ2n) is 5.14. The first-order chi connectivity index (χ1) is 10.9. The molecule has 1 aromatic rings. The van der Waals surface area contributed by atoms with Gasteiger partial charge in [-0.1, -0.05) is 18.2 Å². The van der Waals surface area contributed by atoms with Gasteiger partial charge in [0.05, 0.1) is 25.0 Å². The lowest BCUT2D eigenvalue weighted by atomic mass is 9.88. The van der Waals surface area contributed by atoms with Crippen LogP contribution in [0.2, 0.25) is 0 Å². The van der Waals surface area contributed by atoms with Crippen LogP contribution >= 0.6 is 0 Å². The smallest absolute Gasteiger partial charge is 0.312 e. The summed E-state index contributed by atoms with van der Waals surface area (Å²) in [5, 5.41) is 0. The Labute approximate surface area is 136 Å². The largest absolute Gasteiger partial charge is 0.466 e. The molecule has 4 nitrogen and oxygen atoms in total. The van der Waals surface area contributed by atoms with Gasteiger partial charge in [0.1, 0.15) is 5.82 Å². The second-order valence-corrected chi connectivity index (χ2v) is 5.14. The maximum Gasteiger partial charge on any atom is 0.312 e. The highest BCUT2D eigenvalue weighted by molar-refractivity contribution is 5.84. The molecule has 2 atom stereocenters. The van der Waals surface area contributed by atoms with Gasteiger partial charge in [0.15, 0.2) is 0 Å². The average molecular weight is 322 g/mol. The molecule has 0 amide bonds. The van der Waals surface area contributed by atoms with E-state index in [2.05, 4.69) is 0 Å². The van der Waals surface area contributed by atoms with E-state index >= 15 is 0 Å². The molecule has 0 aliphatic heterocycles. The van der Waals surface area contributed by atoms with Crippen LogP contribution in [0.25, 0.3) is 6.08 Å². The summed E-state index contributed by atoms with van der Waals surface area (Å²) in [7, 11) is 0. The van der Waals surface area contributed by atoms with Crippen molar-refractivity contribution in [1.82, 2.24) is 0 Å². The predicted molar refractivity (Wildman–Crippen MR) is 86.0 cm³/mol. The zero-order chi connectivity index (χ0) is 17.4. The third kappa shape index (κ3) is 5.51. The lowest BCUT2D eigenvalue weighted by Crippen LogP contribution is -2.25. The van der Waals surface area contributed by atoms with Gasteiger partial charge >= 0.3 is 11.9 Å². The van der Waals surface area contributed by atoms with E-state index in [1.165, 1.54) is 12.1 Å². The zero-order valence-electron chi connectivity index (χ0n) is 14.0. The fourth-order valence-corrected chi connectivity index (χ4v) is 2.18. The summed E-state index contributed by atoms with van der Waals surface area (Å²) >= 11 is 0. The molecule has 23 heavy (non-hydrogen) atoms. The van der Waals surface area contributed by atoms with Crippen LogP contribution in [0.1, 0.15) is 33.3 Å². The first kappa shape index (κ1) is 18.9. The van der Waals surface area contributed by atoms with Crippen molar-refractivity contribution >= 4 is 18.0 Å². The van der Waals surface area contributed by atoms with Gasteiger partial charge < -0.3 is 9.47 Å². The van der Waals surface area contributed by atoms with Crippen molar-refractivity contribution in [2.24, 2.45) is 11.8 Å². The van der Waals surface area contributed by atoms with Crippen LogP contribution < -0.4 is 0 Å². The van der Waals surface area contributed by atoms with Crippen LogP contribution in [0.5, 0.6) is 0 Å². The van der Waals surface area contributed by atoms with Gasteiger partial charge in [-0.3, -0.25) is 9.59 Å². The Balaban J connectivity index is 3.16. The van der Waals surface area contributed by atoms with E-state index in [9.17, 15) is 14.0 Å². The summed E-state index contributed by atoms with van der Waals surface area (Å²) in [5.41, 5.74) is 1.28. The third-order valence-electron chi connectivity index (χ3n) is 3.48. The molecule has 0 bridgehead atoms. The number of esters is 2. The summed E-state index contributed by atoms with van der Waals surface area (Å²) in [5.74, 6) is -2.35. The molecule has 0 saturated carbocycles. The molecule has 5 heteroatoms. The Morgan fingerprint density at radius 3 is 1.83 bits per heavy atom. The molecule has 0 fully saturated rings. The minimum atomic E-state index is -0.598. The second kappa shape index (κ2) is 9.08. The van der Waals surface area contributed by atoms with Crippen molar-refractivity contribution in [2.45, 2.75) is 27.7 Å². The Morgan fingerprint density at radius 1 is 1.00 bits per heavy atom. The van der Waals surface area contributed by atoms with Gasteiger partial charge in [-0.25, -0.2) is 4.39 Å². The summed E-state index contributed by atoms with van der Waals surface area (Å²) in [6.07, 6.45) is 1.71. The van der Waals surface area contributed by atoms with Crippen molar-refractivity contribution in [3.8, 4) is 0 Å². The van der Waals surface area contributed by atoms with Gasteiger partial charge in [-0.05, 0) is 51.0 Å². The third-order valence-corrected chi connectivity index (χ3v) is 3.48. The zero-order valence-corrected chi connectivity index (χ0v) is 14.0. The Hall–Kier alpha value is -2.17. The first-order valence-electron chi connectivity index (χ1n) is 7.71. The highest BCUT2D eigenvalue weighted by Crippen LogP contribution is 2.26. The number of carbonyl (C=O) groups is 2. The fraction of sp³-hybridized carbons (Fsp3) is 0.444. The van der Waals surface area contributed by atoms with E-state index in [-0.39, 0.29) is 19.0 Å². The summed E-state index contributed by atoms with van der Waals surface area (Å²) in [4.78, 5) is 24.1. The normalized spacial score (nSPS) is 12.9. The standard InChI is InChI=1S/C18H23FO4/c1-5-22-17(20)12(3)16(13(4)18(21)23-6-2)11-14-7-9-15(19)10-8-14/h7-13H,5-6H2,1-4H3. The molecule has 0 heterocycles. The van der Waals surface area contributed by atoms with Crippen LogP contribution in [-0.2, 0) is 19.1 Å². The fourth-order valence-electron chi connectivity index (χ4n) is 2.18. The van der Waals surface area contributed by atoms with Crippen LogP contribution in [-0.4, -0.2) is 25.2 Å². The van der Waals surface area contributed by atoms with E-state index in [1.54, 1.807) is 45.9 Å². The van der Waals surface area contributed by atoms with Crippen molar-refractivity contribution < 1.29 is 23.5 Å². The molecular weight excluding hydrogens is 299 g/mol. The molecule has 0 spiro atoms. The van der Waals surface area contributed by atoms with E-state index in [1.807, 2.05) is 0 Å². The van der Waals surface area contributed by atoms with Crippen molar-refractivity contribution in [3.05, 3.63) is 41.2 Å². The van der Waals surface area contributed by atoms with Crippen LogP contribution in [0.4, 0.5) is 4.39 Å². The van der Waals surface area contributed by atoms with Gasteiger partial charge in [0, 0.05) is 0 Å². The van der Waals surface area contributed by atoms with Crippen LogP contribution in [0, 0.1) is 17.7 Å². The van der Waals surface area contributed by atoms with Gasteiger partial charge in [-0.2, -0.15) is 0 Å². The van der Waals surface area contributed by atoms with Gasteiger partial charge in [0.2, 0.25) is 0 Å². The molecule has 0 radical (unpaired) electrons. The van der Waals surface area contributed by atoms with Crippen molar-refractivity contribution in [2.75, 3.05) is 13.2 Å². The van der Waals surface area contributed by atoms with E-state index in [4.69, 9.17) is 9.47 Å². The van der Waals surface area contributed by atoms with Crippen molar-refractivity contribution in [3.63, 3.8) is 0 Å². The number of hydrogen-bond donors (Lipinski definition) is 0. The van der Waals surface area contributed by atoms with E-state index < -0.39 is 23.8 Å². The molecule has 126 valence electrons. The Morgan fingerprint density at radius 2 is 1.43 bits per heavy atom. The monoisotopic (exact) mass is 322 g/mol. The number of hydrogen-bond acceptors (Lipinski definition) is 4. The molecule has 0 aliphatic rings. The van der Waals surface area contributed by atoms with E-state index in [0.717, 1.165) is 0 Å². The SMILES string of the molecule is CCOC(=O)C(C)C(=Cc1ccc(F)cc1)C(C)C(=O)OCC. The minimum Gasteiger partial charge on any atom is -0.466 e. The van der Waals surface area contributed by atoms with Crippen LogP contribution in [0.3, 0.4) is 0 Å². The summed E-state index contributed by atoms with van der Waals surface area (Å²) < 4.78 is 23.1. The molecule has 2 unspecified atom stereocenters. The Bertz CT molecular complexity index is 537. The maximum absolute atomic E-state index is 13.0. The summed E-state index contributed by atoms with van der Waals surface area (Å²) in [6, 6.07) is 5.83. The summed E-state index contributed by atoms with van der Waals surface area (Å²) in [6.45, 7) is 7.35. The lowest BCUT2D eigenvalue weighted by Gasteiger charge is -2.20. The molecule has 0 N–H and O–H groups in total. The Kier molecular flexibility index (Phi) is 7.45. The molecule has 0 aromatic heterocycles. The number of halogens is 1. The topological polar surface area (TPSA) is 52.6 Å². The highest BCUT2D eigenvalue weighted by atomic mass is 19.1. The number of benzene rings is 1. The first-order valence-corrected chi connectivity index (χ1v) is 7.71. The van der Waals surface area contributed by atoms with E-state index in [0.29, 0.717) is 11.1 Å².